The molecule has 0 amide bonds. The minimum absolute atomic E-state index is 0.00939. The van der Waals surface area contributed by atoms with Gasteiger partial charge in [-0.05, 0) is 44.4 Å². The van der Waals surface area contributed by atoms with Crippen molar-refractivity contribution in [3.8, 4) is 0 Å². The van der Waals surface area contributed by atoms with Crippen molar-refractivity contribution in [1.82, 2.24) is 0 Å². The van der Waals surface area contributed by atoms with Gasteiger partial charge in [0.1, 0.15) is 0 Å². The number of aliphatic hydroxyl groups is 1. The highest BCUT2D eigenvalue weighted by molar-refractivity contribution is 4.88. The van der Waals surface area contributed by atoms with Gasteiger partial charge in [0, 0.05) is 44.1 Å². The fourth-order valence-corrected chi connectivity index (χ4v) is 7.94. The van der Waals surface area contributed by atoms with Crippen molar-refractivity contribution in [3.05, 3.63) is 0 Å². The van der Waals surface area contributed by atoms with Gasteiger partial charge in [0.25, 0.3) is 0 Å². The van der Waals surface area contributed by atoms with E-state index in [0.29, 0.717) is 26.4 Å². The lowest BCUT2D eigenvalue weighted by atomic mass is 9.71. The average Bonchev–Trinajstić information content (AvgIpc) is 3.01. The maximum absolute atomic E-state index is 9.50. The van der Waals surface area contributed by atoms with E-state index in [9.17, 15) is 5.11 Å². The maximum atomic E-state index is 9.50. The molecule has 0 aromatic heterocycles. The first-order valence-corrected chi connectivity index (χ1v) is 19.1. The first kappa shape index (κ1) is 37.5. The van der Waals surface area contributed by atoms with Gasteiger partial charge >= 0.3 is 0 Å². The SMILES string of the molecule is OCCCCCC(C1COOC2(CCCCCCCCCCC2)OOC1)C1CCCCCCCCCCC12OOCCCOO2. The van der Waals surface area contributed by atoms with E-state index in [0.717, 1.165) is 89.9 Å². The van der Waals surface area contributed by atoms with E-state index < -0.39 is 11.6 Å². The molecule has 2 saturated heterocycles. The maximum Gasteiger partial charge on any atom is 0.237 e. The Hall–Kier alpha value is -0.360. The molecule has 45 heavy (non-hydrogen) atoms. The number of hydrogen-bond donors (Lipinski definition) is 1. The van der Waals surface area contributed by atoms with Crippen LogP contribution in [0.1, 0.15) is 167 Å². The quantitative estimate of drug-likeness (QED) is 0.215. The van der Waals surface area contributed by atoms with E-state index in [1.165, 1.54) is 77.0 Å². The summed E-state index contributed by atoms with van der Waals surface area (Å²) < 4.78 is 0. The molecule has 4 fully saturated rings. The van der Waals surface area contributed by atoms with Crippen LogP contribution in [0.25, 0.3) is 0 Å². The summed E-state index contributed by atoms with van der Waals surface area (Å²) in [6.45, 7) is 2.02. The first-order chi connectivity index (χ1) is 22.3. The summed E-state index contributed by atoms with van der Waals surface area (Å²) in [7, 11) is 0. The van der Waals surface area contributed by atoms with Crippen molar-refractivity contribution < 1.29 is 44.2 Å². The molecule has 2 atom stereocenters. The summed E-state index contributed by atoms with van der Waals surface area (Å²) >= 11 is 0. The third kappa shape index (κ3) is 13.2. The summed E-state index contributed by atoms with van der Waals surface area (Å²) in [6, 6.07) is 0. The Balaban J connectivity index is 1.52. The summed E-state index contributed by atoms with van der Waals surface area (Å²) in [6.07, 6.45) is 28.1. The molecule has 0 aromatic rings. The predicted octanol–water partition coefficient (Wildman–Crippen LogP) is 9.21. The lowest BCUT2D eigenvalue weighted by Crippen LogP contribution is -2.51. The Morgan fingerprint density at radius 2 is 1.02 bits per heavy atom. The van der Waals surface area contributed by atoms with E-state index in [-0.39, 0.29) is 24.4 Å². The highest BCUT2D eigenvalue weighted by atomic mass is 17.3. The summed E-state index contributed by atoms with van der Waals surface area (Å²) in [4.78, 5) is 49.1. The smallest absolute Gasteiger partial charge is 0.237 e. The van der Waals surface area contributed by atoms with Gasteiger partial charge in [0.05, 0.1) is 26.4 Å². The summed E-state index contributed by atoms with van der Waals surface area (Å²) in [5.74, 6) is -1.69. The minimum Gasteiger partial charge on any atom is -0.396 e. The Kier molecular flexibility index (Phi) is 18.6. The zero-order chi connectivity index (χ0) is 31.3. The second-order valence-corrected chi connectivity index (χ2v) is 14.3. The molecule has 2 heterocycles. The number of unbranched alkanes of at least 4 members (excludes halogenated alkanes) is 2. The second-order valence-electron chi connectivity index (χ2n) is 14.3. The Bertz CT molecular complexity index is 705. The fourth-order valence-electron chi connectivity index (χ4n) is 7.94. The fraction of sp³-hybridized carbons (Fsp3) is 1.00. The third-order valence-electron chi connectivity index (χ3n) is 10.6. The van der Waals surface area contributed by atoms with Gasteiger partial charge in [-0.25, -0.2) is 19.6 Å². The van der Waals surface area contributed by atoms with Gasteiger partial charge in [0.15, 0.2) is 0 Å². The summed E-state index contributed by atoms with van der Waals surface area (Å²) in [5, 5.41) is 9.50. The Morgan fingerprint density at radius 1 is 0.511 bits per heavy atom. The van der Waals surface area contributed by atoms with Crippen LogP contribution in [0.15, 0.2) is 0 Å². The molecule has 1 N–H and O–H groups in total. The largest absolute Gasteiger partial charge is 0.396 e. The van der Waals surface area contributed by atoms with Crippen LogP contribution in [-0.2, 0) is 39.1 Å². The van der Waals surface area contributed by atoms with Crippen molar-refractivity contribution in [2.75, 3.05) is 33.0 Å². The average molecular weight is 643 g/mol. The minimum atomic E-state index is -1.000. The standard InChI is InChI=1S/C36H66O9/c37-27-20-14-15-22-33(32-30-40-42-35(43-41-31-32)24-17-11-7-3-1-4-8-12-18-25-35)34-23-16-10-6-2-5-9-13-19-26-36(34)44-38-28-21-29-39-45-36/h32-34,37H,1-31H2. The Morgan fingerprint density at radius 3 is 1.58 bits per heavy atom. The van der Waals surface area contributed by atoms with Crippen LogP contribution in [0.4, 0.5) is 0 Å². The van der Waals surface area contributed by atoms with E-state index in [4.69, 9.17) is 39.1 Å². The van der Waals surface area contributed by atoms with Gasteiger partial charge in [-0.15, -0.1) is 0 Å². The normalized spacial score (nSPS) is 28.6. The van der Waals surface area contributed by atoms with Crippen LogP contribution in [-0.4, -0.2) is 49.7 Å². The number of rotatable bonds is 7. The van der Waals surface area contributed by atoms with Crippen LogP contribution in [0, 0.1) is 17.8 Å². The van der Waals surface area contributed by atoms with Gasteiger partial charge < -0.3 is 5.11 Å². The van der Waals surface area contributed by atoms with Crippen LogP contribution in [0.3, 0.4) is 0 Å². The second kappa shape index (κ2) is 22.3. The van der Waals surface area contributed by atoms with Crippen LogP contribution in [0.5, 0.6) is 0 Å². The van der Waals surface area contributed by atoms with E-state index in [1.807, 2.05) is 0 Å². The molecule has 0 aromatic carbocycles. The van der Waals surface area contributed by atoms with Crippen LogP contribution in [0.2, 0.25) is 0 Å². The molecule has 2 aliphatic heterocycles. The van der Waals surface area contributed by atoms with Crippen molar-refractivity contribution in [1.29, 1.82) is 0 Å². The molecule has 4 aliphatic rings. The lowest BCUT2D eigenvalue weighted by Gasteiger charge is -2.45. The topological polar surface area (TPSA) is 94.1 Å². The van der Waals surface area contributed by atoms with Gasteiger partial charge in [-0.1, -0.05) is 103 Å². The predicted molar refractivity (Wildman–Crippen MR) is 171 cm³/mol. The zero-order valence-corrected chi connectivity index (χ0v) is 28.4. The zero-order valence-electron chi connectivity index (χ0n) is 28.4. The molecule has 4 rings (SSSR count). The van der Waals surface area contributed by atoms with E-state index in [2.05, 4.69) is 0 Å². The molecule has 2 spiro atoms. The van der Waals surface area contributed by atoms with Crippen molar-refractivity contribution >= 4 is 0 Å². The van der Waals surface area contributed by atoms with Crippen LogP contribution >= 0.6 is 0 Å². The molecule has 2 aliphatic carbocycles. The monoisotopic (exact) mass is 642 g/mol. The molecular weight excluding hydrogens is 576 g/mol. The first-order valence-electron chi connectivity index (χ1n) is 19.1. The van der Waals surface area contributed by atoms with Gasteiger partial charge in [0.2, 0.25) is 11.6 Å². The molecule has 264 valence electrons. The highest BCUT2D eigenvalue weighted by Gasteiger charge is 2.50. The van der Waals surface area contributed by atoms with Crippen molar-refractivity contribution in [2.45, 2.75) is 179 Å². The van der Waals surface area contributed by atoms with E-state index in [1.54, 1.807) is 0 Å². The molecule has 9 heteroatoms. The molecule has 0 bridgehead atoms. The molecule has 9 nitrogen and oxygen atoms in total. The van der Waals surface area contributed by atoms with E-state index >= 15 is 0 Å². The number of aliphatic hydroxyl groups excluding tert-OH is 1. The Labute approximate surface area is 273 Å². The number of hydrogen-bond acceptors (Lipinski definition) is 9. The van der Waals surface area contributed by atoms with Crippen molar-refractivity contribution in [2.24, 2.45) is 17.8 Å². The third-order valence-corrected chi connectivity index (χ3v) is 10.6. The van der Waals surface area contributed by atoms with Crippen LogP contribution < -0.4 is 0 Å². The molecular formula is C36H66O9. The summed E-state index contributed by atoms with van der Waals surface area (Å²) in [5.41, 5.74) is 0. The van der Waals surface area contributed by atoms with Gasteiger partial charge in [-0.2, -0.15) is 19.6 Å². The van der Waals surface area contributed by atoms with Crippen molar-refractivity contribution in [3.63, 3.8) is 0 Å². The lowest BCUT2D eigenvalue weighted by molar-refractivity contribution is -0.545. The molecule has 2 saturated carbocycles. The highest BCUT2D eigenvalue weighted by Crippen LogP contribution is 2.45. The van der Waals surface area contributed by atoms with Gasteiger partial charge in [-0.3, -0.25) is 0 Å². The molecule has 0 radical (unpaired) electrons. The molecule has 2 unspecified atom stereocenters.